The maximum atomic E-state index is 13.3. The van der Waals surface area contributed by atoms with Gasteiger partial charge in [0, 0.05) is 22.4 Å². The molecule has 25 heavy (non-hydrogen) atoms. The van der Waals surface area contributed by atoms with Gasteiger partial charge in [0.25, 0.3) is 0 Å². The number of allylic oxidation sites excluding steroid dienone is 5. The fourth-order valence-corrected chi connectivity index (χ4v) is 4.49. The van der Waals surface area contributed by atoms with Gasteiger partial charge in [-0.15, -0.1) is 0 Å². The Labute approximate surface area is 152 Å². The highest BCUT2D eigenvalue weighted by molar-refractivity contribution is 6.30. The average Bonchev–Trinajstić information content (AvgIpc) is 2.60. The van der Waals surface area contributed by atoms with Gasteiger partial charge in [0.1, 0.15) is 5.75 Å². The van der Waals surface area contributed by atoms with Crippen LogP contribution >= 0.6 is 11.6 Å². The smallest absolute Gasteiger partial charge is 0.166 e. The number of aromatic hydroxyl groups is 1. The van der Waals surface area contributed by atoms with Crippen molar-refractivity contribution in [1.82, 2.24) is 0 Å². The molecule has 1 N–H and O–H groups in total. The van der Waals surface area contributed by atoms with Crippen molar-refractivity contribution < 1.29 is 14.7 Å². The van der Waals surface area contributed by atoms with Crippen molar-refractivity contribution in [3.8, 4) is 5.75 Å². The minimum atomic E-state index is -0.971. The maximum Gasteiger partial charge on any atom is 0.166 e. The summed E-state index contributed by atoms with van der Waals surface area (Å²) in [5.74, 6) is -0.900. The van der Waals surface area contributed by atoms with E-state index in [9.17, 15) is 14.7 Å². The van der Waals surface area contributed by atoms with Gasteiger partial charge in [0.2, 0.25) is 0 Å². The van der Waals surface area contributed by atoms with Crippen molar-refractivity contribution in [2.75, 3.05) is 0 Å². The third-order valence-corrected chi connectivity index (χ3v) is 6.10. The summed E-state index contributed by atoms with van der Waals surface area (Å²) in [5, 5.41) is 10.9. The summed E-state index contributed by atoms with van der Waals surface area (Å²) in [6.07, 6.45) is 4.14. The SMILES string of the molecule is C=CC1=CCC2C(=O)C(C)=C(C)C(=O)C2(C)C1c1cc(Cl)ccc1O. The molecule has 1 aromatic rings. The molecule has 3 atom stereocenters. The molecule has 0 saturated heterocycles. The van der Waals surface area contributed by atoms with Crippen LogP contribution in [0.25, 0.3) is 0 Å². The highest BCUT2D eigenvalue weighted by Gasteiger charge is 2.56. The molecule has 0 fully saturated rings. The molecule has 0 radical (unpaired) electrons. The van der Waals surface area contributed by atoms with Crippen molar-refractivity contribution in [1.29, 1.82) is 0 Å². The molecule has 3 unspecified atom stereocenters. The highest BCUT2D eigenvalue weighted by Crippen LogP contribution is 2.57. The van der Waals surface area contributed by atoms with Crippen LogP contribution in [0, 0.1) is 11.3 Å². The summed E-state index contributed by atoms with van der Waals surface area (Å²) in [6, 6.07) is 4.79. The van der Waals surface area contributed by atoms with Crippen molar-refractivity contribution in [3.05, 3.63) is 64.2 Å². The molecular weight excluding hydrogens is 336 g/mol. The first-order chi connectivity index (χ1) is 11.7. The number of ketones is 2. The quantitative estimate of drug-likeness (QED) is 0.831. The van der Waals surface area contributed by atoms with E-state index >= 15 is 0 Å². The van der Waals surface area contributed by atoms with Gasteiger partial charge in [-0.25, -0.2) is 0 Å². The molecule has 2 aliphatic carbocycles. The second kappa shape index (κ2) is 5.99. The Bertz CT molecular complexity index is 862. The van der Waals surface area contributed by atoms with E-state index in [1.807, 2.05) is 13.0 Å². The molecule has 0 aliphatic heterocycles. The molecule has 130 valence electrons. The number of carbonyl (C=O) groups excluding carboxylic acids is 2. The lowest BCUT2D eigenvalue weighted by Crippen LogP contribution is -2.50. The van der Waals surface area contributed by atoms with Crippen LogP contribution in [0.5, 0.6) is 5.75 Å². The van der Waals surface area contributed by atoms with Gasteiger partial charge in [0.05, 0.1) is 5.41 Å². The Kier molecular flexibility index (Phi) is 4.24. The van der Waals surface area contributed by atoms with Crippen molar-refractivity contribution in [2.45, 2.75) is 33.1 Å². The number of hydrogen-bond donors (Lipinski definition) is 1. The van der Waals surface area contributed by atoms with Gasteiger partial charge >= 0.3 is 0 Å². The Morgan fingerprint density at radius 3 is 2.60 bits per heavy atom. The Balaban J connectivity index is 2.31. The van der Waals surface area contributed by atoms with E-state index in [0.717, 1.165) is 5.57 Å². The highest BCUT2D eigenvalue weighted by atomic mass is 35.5. The molecule has 0 spiro atoms. The van der Waals surface area contributed by atoms with Crippen molar-refractivity contribution >= 4 is 23.2 Å². The third-order valence-electron chi connectivity index (χ3n) is 5.86. The third kappa shape index (κ3) is 2.41. The summed E-state index contributed by atoms with van der Waals surface area (Å²) in [4.78, 5) is 26.2. The monoisotopic (exact) mass is 356 g/mol. The summed E-state index contributed by atoms with van der Waals surface area (Å²) in [6.45, 7) is 9.12. The molecule has 3 nitrogen and oxygen atoms in total. The van der Waals surface area contributed by atoms with Crippen LogP contribution in [0.3, 0.4) is 0 Å². The summed E-state index contributed by atoms with van der Waals surface area (Å²) in [5.41, 5.74) is 1.46. The van der Waals surface area contributed by atoms with E-state index in [4.69, 9.17) is 11.6 Å². The molecule has 0 aromatic heterocycles. The first-order valence-electron chi connectivity index (χ1n) is 8.30. The van der Waals surface area contributed by atoms with Gasteiger partial charge in [-0.1, -0.05) is 37.3 Å². The minimum Gasteiger partial charge on any atom is -0.508 e. The number of Topliss-reactive ketones (excluding diaryl/α,β-unsaturated/α-hetero) is 2. The first kappa shape index (κ1) is 17.7. The Morgan fingerprint density at radius 1 is 1.28 bits per heavy atom. The predicted octanol–water partition coefficient (Wildman–Crippen LogP) is 4.76. The predicted molar refractivity (Wildman–Crippen MR) is 98.7 cm³/mol. The van der Waals surface area contributed by atoms with E-state index in [1.54, 1.807) is 32.1 Å². The van der Waals surface area contributed by atoms with Gasteiger partial charge in [0.15, 0.2) is 11.6 Å². The molecule has 4 heteroatoms. The Hall–Kier alpha value is -2.13. The van der Waals surface area contributed by atoms with Crippen LogP contribution in [0.4, 0.5) is 0 Å². The normalized spacial score (nSPS) is 29.4. The standard InChI is InChI=1S/C21H21ClO3/c1-5-13-6-8-16-19(24)11(2)12(3)20(25)21(16,4)18(13)15-10-14(22)7-9-17(15)23/h5-7,9-10,16,18,23H,1,8H2,2-4H3. The molecule has 0 amide bonds. The molecule has 1 aromatic carbocycles. The van der Waals surface area contributed by atoms with Crippen LogP contribution < -0.4 is 0 Å². The minimum absolute atomic E-state index is 0.00507. The lowest BCUT2D eigenvalue weighted by atomic mass is 9.52. The molecule has 0 saturated carbocycles. The number of phenolic OH excluding ortho intramolecular Hbond substituents is 1. The van der Waals surface area contributed by atoms with Crippen LogP contribution in [0.1, 0.15) is 38.7 Å². The number of phenols is 1. The second-order valence-electron chi connectivity index (χ2n) is 7.06. The van der Waals surface area contributed by atoms with Crippen LogP contribution in [-0.4, -0.2) is 16.7 Å². The van der Waals surface area contributed by atoms with Gasteiger partial charge < -0.3 is 5.11 Å². The number of carbonyl (C=O) groups is 2. The zero-order chi connectivity index (χ0) is 18.5. The molecule has 3 rings (SSSR count). The van der Waals surface area contributed by atoms with E-state index in [-0.39, 0.29) is 17.3 Å². The van der Waals surface area contributed by atoms with E-state index < -0.39 is 17.3 Å². The zero-order valence-electron chi connectivity index (χ0n) is 14.6. The number of fused-ring (bicyclic) bond motifs is 1. The van der Waals surface area contributed by atoms with Gasteiger partial charge in [-0.2, -0.15) is 0 Å². The summed E-state index contributed by atoms with van der Waals surface area (Å²) < 4.78 is 0. The lowest BCUT2D eigenvalue weighted by Gasteiger charge is -2.48. The summed E-state index contributed by atoms with van der Waals surface area (Å²) in [7, 11) is 0. The zero-order valence-corrected chi connectivity index (χ0v) is 15.4. The Morgan fingerprint density at radius 2 is 1.96 bits per heavy atom. The topological polar surface area (TPSA) is 54.4 Å². The average molecular weight is 357 g/mol. The molecule has 2 aliphatic rings. The number of halogens is 1. The number of benzene rings is 1. The molecular formula is C21H21ClO3. The molecule has 0 heterocycles. The van der Waals surface area contributed by atoms with Gasteiger partial charge in [-0.3, -0.25) is 9.59 Å². The number of rotatable bonds is 2. The lowest BCUT2D eigenvalue weighted by molar-refractivity contribution is -0.138. The first-order valence-corrected chi connectivity index (χ1v) is 8.68. The van der Waals surface area contributed by atoms with E-state index in [1.165, 1.54) is 6.07 Å². The van der Waals surface area contributed by atoms with E-state index in [0.29, 0.717) is 28.2 Å². The van der Waals surface area contributed by atoms with Crippen molar-refractivity contribution in [2.24, 2.45) is 11.3 Å². The van der Waals surface area contributed by atoms with Crippen molar-refractivity contribution in [3.63, 3.8) is 0 Å². The van der Waals surface area contributed by atoms with Gasteiger partial charge in [-0.05, 0) is 55.2 Å². The van der Waals surface area contributed by atoms with Crippen LogP contribution in [0.15, 0.2) is 53.6 Å². The fourth-order valence-electron chi connectivity index (χ4n) is 4.31. The second-order valence-corrected chi connectivity index (χ2v) is 7.50. The van der Waals surface area contributed by atoms with E-state index in [2.05, 4.69) is 6.58 Å². The number of hydrogen-bond acceptors (Lipinski definition) is 3. The largest absolute Gasteiger partial charge is 0.508 e. The maximum absolute atomic E-state index is 13.3. The molecule has 0 bridgehead atoms. The summed E-state index contributed by atoms with van der Waals surface area (Å²) >= 11 is 6.15. The fraction of sp³-hybridized carbons (Fsp3) is 0.333. The van der Waals surface area contributed by atoms with Crippen LogP contribution in [0.2, 0.25) is 5.02 Å². The van der Waals surface area contributed by atoms with Crippen LogP contribution in [-0.2, 0) is 9.59 Å².